The molecule has 1 aliphatic rings. The predicted molar refractivity (Wildman–Crippen MR) is 63.1 cm³/mol. The molecule has 2 radical (unpaired) electrons. The Morgan fingerprint density at radius 1 is 1.39 bits per heavy atom. The van der Waals surface area contributed by atoms with Crippen LogP contribution in [0.5, 0.6) is 0 Å². The third kappa shape index (κ3) is 4.78. The SMILES string of the molecule is [B]C1OC(COP(=O)(O)OP(C)(=O)[O-])C(C)C1C. The van der Waals surface area contributed by atoms with E-state index in [4.69, 9.17) is 12.6 Å². The number of phosphoric ester groups is 1. The summed E-state index contributed by atoms with van der Waals surface area (Å²) < 4.78 is 36.0. The van der Waals surface area contributed by atoms with Gasteiger partial charge < -0.3 is 19.1 Å². The van der Waals surface area contributed by atoms with Gasteiger partial charge in [0.1, 0.15) is 15.4 Å². The molecular weight excluding hydrogens is 281 g/mol. The van der Waals surface area contributed by atoms with E-state index in [9.17, 15) is 18.9 Å². The minimum Gasteiger partial charge on any atom is -0.778 e. The number of rotatable bonds is 5. The van der Waals surface area contributed by atoms with Crippen molar-refractivity contribution in [3.05, 3.63) is 0 Å². The fourth-order valence-electron chi connectivity index (χ4n) is 1.66. The highest BCUT2D eigenvalue weighted by Crippen LogP contribution is 2.56. The van der Waals surface area contributed by atoms with Crippen LogP contribution in [0.25, 0.3) is 0 Å². The van der Waals surface area contributed by atoms with E-state index >= 15 is 0 Å². The Balaban J connectivity index is 2.51. The first kappa shape index (κ1) is 16.4. The Labute approximate surface area is 107 Å². The molecule has 0 aromatic rings. The molecule has 0 spiro atoms. The van der Waals surface area contributed by atoms with Crippen molar-refractivity contribution >= 4 is 23.3 Å². The standard InChI is InChI=1S/C8H17BO7P2/c1-5-6(2)8(9)15-7(5)4-14-18(12,13)16-17(3,10)11/h5-8H,4H2,1-3H3,(H,10,11)(H,12,13)/p-1. The Kier molecular flexibility index (Phi) is 5.24. The second-order valence-corrected chi connectivity index (χ2v) is 7.87. The van der Waals surface area contributed by atoms with Gasteiger partial charge in [-0.05, 0) is 11.8 Å². The molecule has 0 aliphatic carbocycles. The lowest BCUT2D eigenvalue weighted by Gasteiger charge is -2.23. The second-order valence-electron chi connectivity index (χ2n) is 4.47. The summed E-state index contributed by atoms with van der Waals surface area (Å²) in [5.74, 6) is 0.107. The van der Waals surface area contributed by atoms with E-state index in [1.54, 1.807) is 0 Å². The maximum Gasteiger partial charge on any atom is 0.477 e. The quantitative estimate of drug-likeness (QED) is 0.580. The van der Waals surface area contributed by atoms with Crippen LogP contribution in [0.1, 0.15) is 13.8 Å². The maximum absolute atomic E-state index is 11.3. The summed E-state index contributed by atoms with van der Waals surface area (Å²) in [5, 5.41) is 0. The summed E-state index contributed by atoms with van der Waals surface area (Å²) in [6.07, 6.45) is -0.470. The molecule has 10 heteroatoms. The average molecular weight is 297 g/mol. The number of ether oxygens (including phenoxy) is 1. The summed E-state index contributed by atoms with van der Waals surface area (Å²) in [5.41, 5.74) is 0. The van der Waals surface area contributed by atoms with Crippen molar-refractivity contribution in [2.45, 2.75) is 26.0 Å². The normalized spacial score (nSPS) is 39.2. The highest BCUT2D eigenvalue weighted by molar-refractivity contribution is 7.62. The third-order valence-corrected chi connectivity index (χ3v) is 5.41. The molecule has 0 bridgehead atoms. The molecule has 0 amide bonds. The van der Waals surface area contributed by atoms with Gasteiger partial charge in [0.25, 0.3) is 0 Å². The predicted octanol–water partition coefficient (Wildman–Crippen LogP) is 0.469. The fourth-order valence-corrected chi connectivity index (χ4v) is 3.68. The van der Waals surface area contributed by atoms with Crippen LogP contribution in [0.15, 0.2) is 0 Å². The molecule has 7 nitrogen and oxygen atoms in total. The first-order valence-corrected chi connectivity index (χ1v) is 8.88. The Hall–Kier alpha value is 0.325. The zero-order chi connectivity index (χ0) is 14.1. The summed E-state index contributed by atoms with van der Waals surface area (Å²) in [4.78, 5) is 19.9. The lowest BCUT2D eigenvalue weighted by molar-refractivity contribution is -0.190. The molecule has 18 heavy (non-hydrogen) atoms. The van der Waals surface area contributed by atoms with Gasteiger partial charge in [0.15, 0.2) is 0 Å². The summed E-state index contributed by atoms with van der Waals surface area (Å²) >= 11 is 0. The minimum absolute atomic E-state index is 0.0284. The summed E-state index contributed by atoms with van der Waals surface area (Å²) in [7, 11) is -3.31. The van der Waals surface area contributed by atoms with Crippen LogP contribution in [0, 0.1) is 11.8 Å². The van der Waals surface area contributed by atoms with Crippen LogP contribution in [-0.2, 0) is 22.7 Å². The van der Waals surface area contributed by atoms with E-state index in [0.29, 0.717) is 6.66 Å². The Morgan fingerprint density at radius 3 is 2.33 bits per heavy atom. The van der Waals surface area contributed by atoms with E-state index in [-0.39, 0.29) is 18.4 Å². The van der Waals surface area contributed by atoms with Crippen molar-refractivity contribution in [1.29, 1.82) is 0 Å². The van der Waals surface area contributed by atoms with Crippen molar-refractivity contribution in [1.82, 2.24) is 0 Å². The topological polar surface area (TPSA) is 105 Å². The summed E-state index contributed by atoms with van der Waals surface area (Å²) in [6.45, 7) is 4.19. The van der Waals surface area contributed by atoms with Crippen molar-refractivity contribution in [3.8, 4) is 0 Å². The van der Waals surface area contributed by atoms with Gasteiger partial charge in [-0.2, -0.15) is 0 Å². The van der Waals surface area contributed by atoms with Crippen molar-refractivity contribution in [2.24, 2.45) is 11.8 Å². The van der Waals surface area contributed by atoms with Crippen molar-refractivity contribution in [2.75, 3.05) is 13.3 Å². The van der Waals surface area contributed by atoms with E-state index in [1.807, 2.05) is 13.8 Å². The molecule has 1 aliphatic heterocycles. The smallest absolute Gasteiger partial charge is 0.477 e. The molecule has 0 saturated carbocycles. The summed E-state index contributed by atoms with van der Waals surface area (Å²) in [6, 6.07) is -0.468. The first-order valence-electron chi connectivity index (χ1n) is 5.40. The van der Waals surface area contributed by atoms with E-state index in [2.05, 4.69) is 8.83 Å². The highest BCUT2D eigenvalue weighted by Gasteiger charge is 2.38. The largest absolute Gasteiger partial charge is 0.778 e. The molecule has 1 fully saturated rings. The van der Waals surface area contributed by atoms with Gasteiger partial charge in [0.05, 0.1) is 12.7 Å². The van der Waals surface area contributed by atoms with Crippen molar-refractivity contribution in [3.63, 3.8) is 0 Å². The van der Waals surface area contributed by atoms with Crippen LogP contribution in [0.2, 0.25) is 0 Å². The number of phosphoric acid groups is 1. The molecule has 0 aromatic carbocycles. The molecule has 6 unspecified atom stereocenters. The van der Waals surface area contributed by atoms with Crippen LogP contribution < -0.4 is 4.89 Å². The molecule has 104 valence electrons. The van der Waals surface area contributed by atoms with Gasteiger partial charge in [-0.25, -0.2) is 8.88 Å². The van der Waals surface area contributed by atoms with Crippen molar-refractivity contribution < 1.29 is 32.5 Å². The molecule has 0 aromatic heterocycles. The number of hydrogen-bond acceptors (Lipinski definition) is 6. The number of hydrogen-bond donors (Lipinski definition) is 1. The lowest BCUT2D eigenvalue weighted by atomic mass is 9.82. The minimum atomic E-state index is -4.63. The Bertz CT molecular complexity index is 384. The van der Waals surface area contributed by atoms with E-state index in [1.165, 1.54) is 0 Å². The van der Waals surface area contributed by atoms with Gasteiger partial charge in [-0.3, -0.25) is 4.52 Å². The molecule has 1 N–H and O–H groups in total. The van der Waals surface area contributed by atoms with E-state index in [0.717, 1.165) is 0 Å². The first-order chi connectivity index (χ1) is 8.02. The van der Waals surface area contributed by atoms with Gasteiger partial charge in [0.2, 0.25) is 0 Å². The maximum atomic E-state index is 11.3. The lowest BCUT2D eigenvalue weighted by Crippen LogP contribution is -2.22. The van der Waals surface area contributed by atoms with Gasteiger partial charge in [-0.1, -0.05) is 13.8 Å². The van der Waals surface area contributed by atoms with Crippen LogP contribution in [-0.4, -0.2) is 38.1 Å². The fraction of sp³-hybridized carbons (Fsp3) is 1.00. The molecular formula is C8H16BO7P2-. The zero-order valence-corrected chi connectivity index (χ0v) is 12.2. The molecule has 1 saturated heterocycles. The molecule has 1 heterocycles. The molecule has 1 rings (SSSR count). The zero-order valence-electron chi connectivity index (χ0n) is 10.4. The van der Waals surface area contributed by atoms with Crippen LogP contribution >= 0.6 is 15.4 Å². The average Bonchev–Trinajstić information content (AvgIpc) is 2.39. The van der Waals surface area contributed by atoms with Crippen LogP contribution in [0.4, 0.5) is 0 Å². The third-order valence-electron chi connectivity index (χ3n) is 2.92. The Morgan fingerprint density at radius 2 is 1.94 bits per heavy atom. The highest BCUT2D eigenvalue weighted by atomic mass is 31.3. The second kappa shape index (κ2) is 5.75. The van der Waals surface area contributed by atoms with Gasteiger partial charge in [-0.15, -0.1) is 0 Å². The van der Waals surface area contributed by atoms with Crippen LogP contribution in [0.3, 0.4) is 0 Å². The molecule has 6 atom stereocenters. The van der Waals surface area contributed by atoms with E-state index < -0.39 is 27.5 Å². The van der Waals surface area contributed by atoms with Gasteiger partial charge >= 0.3 is 7.82 Å². The van der Waals surface area contributed by atoms with Gasteiger partial charge in [0, 0.05) is 12.7 Å². The monoisotopic (exact) mass is 297 g/mol.